The minimum atomic E-state index is -0.841. The molecule has 0 unspecified atom stereocenters. The number of aryl methyl sites for hydroxylation is 1. The van der Waals surface area contributed by atoms with Crippen LogP contribution >= 0.6 is 11.3 Å². The molecule has 1 rings (SSSR count). The number of hydrogen-bond donors (Lipinski definition) is 1. The number of likely N-dealkylation sites (N-methyl/N-ethyl adjacent to an activating group) is 1. The van der Waals surface area contributed by atoms with E-state index in [9.17, 15) is 4.79 Å². The summed E-state index contributed by atoms with van der Waals surface area (Å²) in [6.45, 7) is 6.27. The highest BCUT2D eigenvalue weighted by atomic mass is 32.1. The fourth-order valence-corrected chi connectivity index (χ4v) is 2.85. The Kier molecular flexibility index (Phi) is 7.02. The van der Waals surface area contributed by atoms with Gasteiger partial charge in [0.1, 0.15) is 4.88 Å². The quantitative estimate of drug-likeness (QED) is 0.757. The van der Waals surface area contributed by atoms with Gasteiger partial charge in [-0.05, 0) is 26.4 Å². The van der Waals surface area contributed by atoms with E-state index < -0.39 is 5.97 Å². The Morgan fingerprint density at radius 3 is 2.58 bits per heavy atom. The topological polar surface area (TPSA) is 53.4 Å². The number of thiazole rings is 1. The van der Waals surface area contributed by atoms with E-state index in [1.807, 2.05) is 6.92 Å². The van der Waals surface area contributed by atoms with Crippen LogP contribution in [0, 0.1) is 0 Å². The number of carbonyl (C=O) groups is 1. The molecule has 0 bridgehead atoms. The molecular formula is C14H24N2O2S. The Balaban J connectivity index is 2.58. The Morgan fingerprint density at radius 2 is 2.00 bits per heavy atom. The molecule has 0 atom stereocenters. The first-order valence-electron chi connectivity index (χ1n) is 6.98. The maximum absolute atomic E-state index is 11.1. The SMILES string of the molecule is CCCCN(C)CCc1nc(CCC)c(C(=O)O)s1. The van der Waals surface area contributed by atoms with Crippen LogP contribution in [0.3, 0.4) is 0 Å². The van der Waals surface area contributed by atoms with Crippen LogP contribution in [0.4, 0.5) is 0 Å². The number of unbranched alkanes of at least 4 members (excludes halogenated alkanes) is 1. The maximum Gasteiger partial charge on any atom is 0.347 e. The van der Waals surface area contributed by atoms with E-state index in [-0.39, 0.29) is 0 Å². The van der Waals surface area contributed by atoms with E-state index in [1.165, 1.54) is 24.2 Å². The van der Waals surface area contributed by atoms with Crippen LogP contribution in [-0.4, -0.2) is 41.1 Å². The second kappa shape index (κ2) is 8.27. The summed E-state index contributed by atoms with van der Waals surface area (Å²) in [5.74, 6) is -0.841. The van der Waals surface area contributed by atoms with Gasteiger partial charge in [0, 0.05) is 13.0 Å². The highest BCUT2D eigenvalue weighted by Crippen LogP contribution is 2.20. The summed E-state index contributed by atoms with van der Waals surface area (Å²) in [7, 11) is 2.11. The summed E-state index contributed by atoms with van der Waals surface area (Å²) in [5, 5.41) is 10.1. The number of carboxylic acids is 1. The number of hydrogen-bond acceptors (Lipinski definition) is 4. The van der Waals surface area contributed by atoms with Gasteiger partial charge in [0.2, 0.25) is 0 Å². The van der Waals surface area contributed by atoms with Crippen LogP contribution in [0.5, 0.6) is 0 Å². The molecule has 0 aliphatic carbocycles. The van der Waals surface area contributed by atoms with Crippen molar-refractivity contribution in [2.24, 2.45) is 0 Å². The first-order chi connectivity index (χ1) is 9.08. The molecule has 0 aromatic carbocycles. The lowest BCUT2D eigenvalue weighted by molar-refractivity contribution is 0.0700. The third-order valence-electron chi connectivity index (χ3n) is 3.02. The largest absolute Gasteiger partial charge is 0.477 e. The van der Waals surface area contributed by atoms with Gasteiger partial charge in [0.15, 0.2) is 0 Å². The van der Waals surface area contributed by atoms with E-state index in [4.69, 9.17) is 5.11 Å². The van der Waals surface area contributed by atoms with Crippen molar-refractivity contribution in [3.05, 3.63) is 15.6 Å². The lowest BCUT2D eigenvalue weighted by Crippen LogP contribution is -2.22. The summed E-state index contributed by atoms with van der Waals surface area (Å²) in [4.78, 5) is 18.3. The first-order valence-corrected chi connectivity index (χ1v) is 7.80. The normalized spacial score (nSPS) is 11.2. The number of aromatic nitrogens is 1. The minimum absolute atomic E-state index is 0.424. The summed E-state index contributed by atoms with van der Waals surface area (Å²) in [6, 6.07) is 0. The molecule has 0 spiro atoms. The van der Waals surface area contributed by atoms with Crippen LogP contribution in [0.15, 0.2) is 0 Å². The molecule has 0 fully saturated rings. The fourth-order valence-electron chi connectivity index (χ4n) is 1.91. The third kappa shape index (κ3) is 5.28. The zero-order valence-electron chi connectivity index (χ0n) is 12.1. The molecule has 0 aliphatic rings. The first kappa shape index (κ1) is 16.1. The second-order valence-electron chi connectivity index (χ2n) is 4.85. The lowest BCUT2D eigenvalue weighted by atomic mass is 10.2. The Hall–Kier alpha value is -0.940. The minimum Gasteiger partial charge on any atom is -0.477 e. The van der Waals surface area contributed by atoms with Crippen molar-refractivity contribution in [1.82, 2.24) is 9.88 Å². The third-order valence-corrected chi connectivity index (χ3v) is 4.17. The van der Waals surface area contributed by atoms with Crippen molar-refractivity contribution < 1.29 is 9.90 Å². The maximum atomic E-state index is 11.1. The molecule has 1 N–H and O–H groups in total. The van der Waals surface area contributed by atoms with Crippen molar-refractivity contribution in [2.45, 2.75) is 46.0 Å². The Morgan fingerprint density at radius 1 is 1.26 bits per heavy atom. The van der Waals surface area contributed by atoms with Crippen molar-refractivity contribution >= 4 is 17.3 Å². The van der Waals surface area contributed by atoms with Gasteiger partial charge in [-0.1, -0.05) is 26.7 Å². The van der Waals surface area contributed by atoms with E-state index in [0.717, 1.165) is 43.1 Å². The van der Waals surface area contributed by atoms with Gasteiger partial charge < -0.3 is 10.0 Å². The zero-order valence-corrected chi connectivity index (χ0v) is 12.9. The molecule has 4 nitrogen and oxygen atoms in total. The summed E-state index contributed by atoms with van der Waals surface area (Å²) >= 11 is 1.34. The van der Waals surface area contributed by atoms with Gasteiger partial charge >= 0.3 is 5.97 Å². The molecular weight excluding hydrogens is 260 g/mol. The summed E-state index contributed by atoms with van der Waals surface area (Å²) in [6.07, 6.45) is 4.93. The van der Waals surface area contributed by atoms with Crippen molar-refractivity contribution in [3.8, 4) is 0 Å². The van der Waals surface area contributed by atoms with E-state index in [2.05, 4.69) is 23.9 Å². The summed E-state index contributed by atoms with van der Waals surface area (Å²) < 4.78 is 0. The smallest absolute Gasteiger partial charge is 0.347 e. The van der Waals surface area contributed by atoms with E-state index in [0.29, 0.717) is 4.88 Å². The van der Waals surface area contributed by atoms with Crippen LogP contribution in [0.1, 0.15) is 53.5 Å². The highest BCUT2D eigenvalue weighted by molar-refractivity contribution is 7.13. The number of carboxylic acid groups (broad SMARTS) is 1. The van der Waals surface area contributed by atoms with Crippen molar-refractivity contribution in [3.63, 3.8) is 0 Å². The van der Waals surface area contributed by atoms with Gasteiger partial charge in [-0.15, -0.1) is 11.3 Å². The van der Waals surface area contributed by atoms with Gasteiger partial charge in [0.25, 0.3) is 0 Å². The lowest BCUT2D eigenvalue weighted by Gasteiger charge is -2.14. The van der Waals surface area contributed by atoms with Crippen LogP contribution in [-0.2, 0) is 12.8 Å². The molecule has 0 amide bonds. The highest BCUT2D eigenvalue weighted by Gasteiger charge is 2.16. The molecule has 1 aromatic rings. The summed E-state index contributed by atoms with van der Waals surface area (Å²) in [5.41, 5.74) is 0.756. The predicted molar refractivity (Wildman–Crippen MR) is 79.2 cm³/mol. The van der Waals surface area contributed by atoms with Gasteiger partial charge in [-0.25, -0.2) is 9.78 Å². The van der Waals surface area contributed by atoms with Crippen LogP contribution in [0.25, 0.3) is 0 Å². The molecule has 1 heterocycles. The monoisotopic (exact) mass is 284 g/mol. The number of rotatable bonds is 9. The van der Waals surface area contributed by atoms with Crippen molar-refractivity contribution in [2.75, 3.05) is 20.1 Å². The van der Waals surface area contributed by atoms with Gasteiger partial charge in [-0.2, -0.15) is 0 Å². The molecule has 0 saturated carbocycles. The molecule has 19 heavy (non-hydrogen) atoms. The van der Waals surface area contributed by atoms with Crippen LogP contribution in [0.2, 0.25) is 0 Å². The fraction of sp³-hybridized carbons (Fsp3) is 0.714. The molecule has 1 aromatic heterocycles. The predicted octanol–water partition coefficient (Wildman–Crippen LogP) is 3.07. The molecule has 0 aliphatic heterocycles. The van der Waals surface area contributed by atoms with Gasteiger partial charge in [0.05, 0.1) is 10.7 Å². The van der Waals surface area contributed by atoms with Gasteiger partial charge in [-0.3, -0.25) is 0 Å². The average Bonchev–Trinajstić information content (AvgIpc) is 2.77. The van der Waals surface area contributed by atoms with E-state index >= 15 is 0 Å². The standard InChI is InChI=1S/C14H24N2O2S/c1-4-6-9-16(3)10-8-12-15-11(7-5-2)13(19-12)14(17)18/h4-10H2,1-3H3,(H,17,18). The van der Waals surface area contributed by atoms with E-state index in [1.54, 1.807) is 0 Å². The average molecular weight is 284 g/mol. The second-order valence-corrected chi connectivity index (χ2v) is 5.93. The number of aromatic carboxylic acids is 1. The Bertz CT molecular complexity index is 404. The van der Waals surface area contributed by atoms with Crippen LogP contribution < -0.4 is 0 Å². The molecule has 5 heteroatoms. The molecule has 108 valence electrons. The molecule has 0 saturated heterocycles. The molecule has 0 radical (unpaired) electrons. The number of nitrogens with zero attached hydrogens (tertiary/aromatic N) is 2. The zero-order chi connectivity index (χ0) is 14.3. The Labute approximate surface area is 119 Å². The van der Waals surface area contributed by atoms with Crippen molar-refractivity contribution in [1.29, 1.82) is 0 Å².